The molecule has 4 nitrogen and oxygen atoms in total. The smallest absolute Gasteiger partial charge is 0.308 e. The molecule has 0 unspecified atom stereocenters. The number of halogens is 1. The fourth-order valence-electron chi connectivity index (χ4n) is 2.14. The van der Waals surface area contributed by atoms with Crippen LogP contribution in [-0.2, 0) is 4.79 Å². The van der Waals surface area contributed by atoms with E-state index in [9.17, 15) is 9.18 Å². The van der Waals surface area contributed by atoms with E-state index in [1.807, 2.05) is 6.07 Å². The van der Waals surface area contributed by atoms with Crippen molar-refractivity contribution in [2.75, 3.05) is 0 Å². The van der Waals surface area contributed by atoms with Gasteiger partial charge >= 0.3 is 5.97 Å². The van der Waals surface area contributed by atoms with Gasteiger partial charge in [0.05, 0.1) is 6.42 Å². The van der Waals surface area contributed by atoms with Gasteiger partial charge in [-0.3, -0.25) is 4.79 Å². The maximum Gasteiger partial charge on any atom is 0.308 e. The van der Waals surface area contributed by atoms with E-state index in [1.165, 1.54) is 12.1 Å². The van der Waals surface area contributed by atoms with E-state index < -0.39 is 11.8 Å². The first-order valence-corrected chi connectivity index (χ1v) is 6.66. The standard InChI is InChI=1S/C17H12FNO3/c18-13-6-2-1-5-11(13)9-12(10-16(20)21)17-19-14-7-3-4-8-15(14)22-17/h1-9H,10H2,(H,20,21)/b12-9-. The molecule has 110 valence electrons. The van der Waals surface area contributed by atoms with Gasteiger partial charge in [0.15, 0.2) is 5.58 Å². The third-order valence-corrected chi connectivity index (χ3v) is 3.15. The summed E-state index contributed by atoms with van der Waals surface area (Å²) in [5.41, 5.74) is 1.79. The van der Waals surface area contributed by atoms with Gasteiger partial charge in [0.25, 0.3) is 0 Å². The Morgan fingerprint density at radius 2 is 1.91 bits per heavy atom. The second-order valence-electron chi connectivity index (χ2n) is 4.75. The quantitative estimate of drug-likeness (QED) is 0.791. The number of aromatic nitrogens is 1. The van der Waals surface area contributed by atoms with Crippen LogP contribution in [0.1, 0.15) is 17.9 Å². The third-order valence-electron chi connectivity index (χ3n) is 3.15. The van der Waals surface area contributed by atoms with Gasteiger partial charge in [-0.2, -0.15) is 0 Å². The number of nitrogens with zero attached hydrogens (tertiary/aromatic N) is 1. The Hall–Kier alpha value is -2.95. The van der Waals surface area contributed by atoms with E-state index >= 15 is 0 Å². The van der Waals surface area contributed by atoms with Crippen molar-refractivity contribution in [3.8, 4) is 0 Å². The zero-order valence-corrected chi connectivity index (χ0v) is 11.5. The van der Waals surface area contributed by atoms with Crippen molar-refractivity contribution in [2.24, 2.45) is 0 Å². The van der Waals surface area contributed by atoms with Gasteiger partial charge in [0.1, 0.15) is 11.3 Å². The number of aliphatic carboxylic acids is 1. The molecular formula is C17H12FNO3. The minimum atomic E-state index is -1.04. The largest absolute Gasteiger partial charge is 0.481 e. The number of carbonyl (C=O) groups is 1. The number of para-hydroxylation sites is 2. The molecule has 0 spiro atoms. The van der Waals surface area contributed by atoms with Crippen LogP contribution >= 0.6 is 0 Å². The molecule has 0 aliphatic heterocycles. The minimum Gasteiger partial charge on any atom is -0.481 e. The van der Waals surface area contributed by atoms with E-state index in [1.54, 1.807) is 36.4 Å². The Balaban J connectivity index is 2.10. The Kier molecular flexibility index (Phi) is 3.70. The van der Waals surface area contributed by atoms with Crippen molar-refractivity contribution >= 4 is 28.7 Å². The molecular weight excluding hydrogens is 285 g/mol. The van der Waals surface area contributed by atoms with Crippen molar-refractivity contribution < 1.29 is 18.7 Å². The molecule has 0 saturated carbocycles. The van der Waals surface area contributed by atoms with E-state index in [2.05, 4.69) is 4.98 Å². The van der Waals surface area contributed by atoms with E-state index in [0.717, 1.165) is 0 Å². The normalized spacial score (nSPS) is 11.8. The summed E-state index contributed by atoms with van der Waals surface area (Å²) in [6.07, 6.45) is 1.15. The Labute approximate surface area is 125 Å². The Morgan fingerprint density at radius 1 is 1.18 bits per heavy atom. The van der Waals surface area contributed by atoms with Crippen LogP contribution in [0, 0.1) is 5.82 Å². The summed E-state index contributed by atoms with van der Waals surface area (Å²) in [5, 5.41) is 9.06. The zero-order valence-electron chi connectivity index (χ0n) is 11.5. The summed E-state index contributed by atoms with van der Waals surface area (Å²) >= 11 is 0. The molecule has 0 atom stereocenters. The highest BCUT2D eigenvalue weighted by atomic mass is 19.1. The topological polar surface area (TPSA) is 63.3 Å². The van der Waals surface area contributed by atoms with Gasteiger partial charge in [0, 0.05) is 11.1 Å². The summed E-state index contributed by atoms with van der Waals surface area (Å²) in [4.78, 5) is 15.3. The highest BCUT2D eigenvalue weighted by Crippen LogP contribution is 2.26. The van der Waals surface area contributed by atoms with Gasteiger partial charge in [0.2, 0.25) is 5.89 Å². The van der Waals surface area contributed by atoms with Crippen molar-refractivity contribution in [3.63, 3.8) is 0 Å². The first-order chi connectivity index (χ1) is 10.6. The lowest BCUT2D eigenvalue weighted by atomic mass is 10.1. The summed E-state index contributed by atoms with van der Waals surface area (Å²) < 4.78 is 19.3. The van der Waals surface area contributed by atoms with Crippen LogP contribution in [0.3, 0.4) is 0 Å². The van der Waals surface area contributed by atoms with Crippen molar-refractivity contribution in [1.82, 2.24) is 4.98 Å². The number of hydrogen-bond donors (Lipinski definition) is 1. The molecule has 0 bridgehead atoms. The molecule has 0 saturated heterocycles. The molecule has 0 aliphatic carbocycles. The minimum absolute atomic E-state index is 0.187. The van der Waals surface area contributed by atoms with Crippen LogP contribution in [0.4, 0.5) is 4.39 Å². The lowest BCUT2D eigenvalue weighted by molar-refractivity contribution is -0.135. The lowest BCUT2D eigenvalue weighted by Crippen LogP contribution is -1.98. The first kappa shape index (κ1) is 14.0. The maximum atomic E-state index is 13.8. The van der Waals surface area contributed by atoms with Gasteiger partial charge < -0.3 is 9.52 Å². The average Bonchev–Trinajstić information content (AvgIpc) is 2.92. The van der Waals surface area contributed by atoms with E-state index in [4.69, 9.17) is 9.52 Å². The van der Waals surface area contributed by atoms with Crippen LogP contribution in [0.25, 0.3) is 22.7 Å². The van der Waals surface area contributed by atoms with Gasteiger partial charge in [-0.05, 0) is 24.3 Å². The highest BCUT2D eigenvalue weighted by molar-refractivity contribution is 5.90. The second-order valence-corrected chi connectivity index (χ2v) is 4.75. The summed E-state index contributed by atoms with van der Waals surface area (Å²) in [7, 11) is 0. The van der Waals surface area contributed by atoms with Gasteiger partial charge in [-0.15, -0.1) is 0 Å². The molecule has 1 N–H and O–H groups in total. The predicted octanol–water partition coefficient (Wildman–Crippen LogP) is 3.98. The maximum absolute atomic E-state index is 13.8. The van der Waals surface area contributed by atoms with Crippen molar-refractivity contribution in [1.29, 1.82) is 0 Å². The molecule has 0 radical (unpaired) electrons. The molecule has 1 heterocycles. The molecule has 0 aliphatic rings. The molecule has 22 heavy (non-hydrogen) atoms. The number of carboxylic acid groups (broad SMARTS) is 1. The molecule has 3 rings (SSSR count). The molecule has 1 aromatic heterocycles. The van der Waals surface area contributed by atoms with Crippen LogP contribution in [0.15, 0.2) is 52.9 Å². The van der Waals surface area contributed by atoms with Crippen LogP contribution in [0.5, 0.6) is 0 Å². The fourth-order valence-corrected chi connectivity index (χ4v) is 2.14. The Morgan fingerprint density at radius 3 is 2.64 bits per heavy atom. The molecule has 5 heteroatoms. The lowest BCUT2D eigenvalue weighted by Gasteiger charge is -2.01. The van der Waals surface area contributed by atoms with E-state index in [0.29, 0.717) is 22.2 Å². The second kappa shape index (κ2) is 5.81. The fraction of sp³-hybridized carbons (Fsp3) is 0.0588. The van der Waals surface area contributed by atoms with Crippen LogP contribution in [-0.4, -0.2) is 16.1 Å². The number of carboxylic acids is 1. The number of oxazole rings is 1. The van der Waals surface area contributed by atoms with Crippen LogP contribution < -0.4 is 0 Å². The molecule has 2 aromatic carbocycles. The van der Waals surface area contributed by atoms with Gasteiger partial charge in [-0.1, -0.05) is 30.3 Å². The van der Waals surface area contributed by atoms with Crippen molar-refractivity contribution in [3.05, 3.63) is 65.8 Å². The average molecular weight is 297 g/mol. The summed E-state index contributed by atoms with van der Waals surface area (Å²) in [6, 6.07) is 13.3. The van der Waals surface area contributed by atoms with Crippen molar-refractivity contribution in [2.45, 2.75) is 6.42 Å². The molecule has 3 aromatic rings. The first-order valence-electron chi connectivity index (χ1n) is 6.66. The van der Waals surface area contributed by atoms with Gasteiger partial charge in [-0.25, -0.2) is 9.37 Å². The predicted molar refractivity (Wildman–Crippen MR) is 80.5 cm³/mol. The number of fused-ring (bicyclic) bond motifs is 1. The summed E-state index contributed by atoms with van der Waals surface area (Å²) in [6.45, 7) is 0. The van der Waals surface area contributed by atoms with E-state index in [-0.39, 0.29) is 12.3 Å². The highest BCUT2D eigenvalue weighted by Gasteiger charge is 2.15. The number of benzene rings is 2. The monoisotopic (exact) mass is 297 g/mol. The Bertz CT molecular complexity index is 834. The molecule has 0 fully saturated rings. The van der Waals surface area contributed by atoms with Crippen LogP contribution in [0.2, 0.25) is 0 Å². The summed E-state index contributed by atoms with van der Waals surface area (Å²) in [5.74, 6) is -1.28. The number of rotatable bonds is 4. The zero-order chi connectivity index (χ0) is 15.5. The SMILES string of the molecule is O=C(O)C/C(=C/c1ccccc1F)c1nc2ccccc2o1. The molecule has 0 amide bonds. The third kappa shape index (κ3) is 2.88. The number of hydrogen-bond acceptors (Lipinski definition) is 3.